The summed E-state index contributed by atoms with van der Waals surface area (Å²) in [5, 5.41) is 8.92. The SMILES string of the molecule is CC(C)c1ncc(C(F)(F)CC(=O)O)s1. The fraction of sp³-hybridized carbons (Fsp3) is 0.556. The third-order valence-corrected chi connectivity index (χ3v) is 3.16. The second-order valence-corrected chi connectivity index (χ2v) is 4.55. The second-order valence-electron chi connectivity index (χ2n) is 3.49. The topological polar surface area (TPSA) is 50.2 Å². The van der Waals surface area contributed by atoms with Gasteiger partial charge in [0.2, 0.25) is 0 Å². The van der Waals surface area contributed by atoms with E-state index < -0.39 is 18.3 Å². The molecule has 0 aliphatic carbocycles. The van der Waals surface area contributed by atoms with Gasteiger partial charge in [0.1, 0.15) is 6.42 Å². The van der Waals surface area contributed by atoms with E-state index in [4.69, 9.17) is 5.11 Å². The largest absolute Gasteiger partial charge is 0.481 e. The summed E-state index contributed by atoms with van der Waals surface area (Å²) in [7, 11) is 0. The maximum absolute atomic E-state index is 13.3. The zero-order chi connectivity index (χ0) is 11.6. The number of hydrogen-bond donors (Lipinski definition) is 1. The summed E-state index contributed by atoms with van der Waals surface area (Å²) in [4.78, 5) is 13.8. The molecule has 1 aromatic heterocycles. The highest BCUT2D eigenvalue weighted by molar-refractivity contribution is 7.11. The summed E-state index contributed by atoms with van der Waals surface area (Å²) in [6.07, 6.45) is -0.129. The van der Waals surface area contributed by atoms with E-state index >= 15 is 0 Å². The second kappa shape index (κ2) is 4.22. The minimum absolute atomic E-state index is 0.0735. The molecule has 0 radical (unpaired) electrons. The Bertz CT molecular complexity index is 363. The summed E-state index contributed by atoms with van der Waals surface area (Å²) in [6.45, 7) is 3.69. The molecular formula is C9H11F2NO2S. The molecule has 0 atom stereocenters. The number of halogens is 2. The van der Waals surface area contributed by atoms with Crippen LogP contribution in [0.4, 0.5) is 8.78 Å². The van der Waals surface area contributed by atoms with E-state index in [1.165, 1.54) is 0 Å². The summed E-state index contributed by atoms with van der Waals surface area (Å²) >= 11 is 0.865. The highest BCUT2D eigenvalue weighted by atomic mass is 32.1. The molecule has 0 fully saturated rings. The van der Waals surface area contributed by atoms with E-state index in [0.717, 1.165) is 17.5 Å². The van der Waals surface area contributed by atoms with Crippen molar-refractivity contribution in [3.63, 3.8) is 0 Å². The van der Waals surface area contributed by atoms with Crippen LogP contribution in [0, 0.1) is 0 Å². The van der Waals surface area contributed by atoms with Crippen LogP contribution in [0.2, 0.25) is 0 Å². The third-order valence-electron chi connectivity index (χ3n) is 1.75. The number of carboxylic acids is 1. The lowest BCUT2D eigenvalue weighted by molar-refractivity contribution is -0.145. The lowest BCUT2D eigenvalue weighted by atomic mass is 10.2. The van der Waals surface area contributed by atoms with Crippen molar-refractivity contribution < 1.29 is 18.7 Å². The van der Waals surface area contributed by atoms with E-state index in [-0.39, 0.29) is 10.8 Å². The monoisotopic (exact) mass is 235 g/mol. The van der Waals surface area contributed by atoms with Crippen LogP contribution in [0.3, 0.4) is 0 Å². The predicted octanol–water partition coefficient (Wildman–Crippen LogP) is 2.83. The summed E-state index contributed by atoms with van der Waals surface area (Å²) in [5.74, 6) is -4.76. The van der Waals surface area contributed by atoms with Crippen LogP contribution in [0.5, 0.6) is 0 Å². The lowest BCUT2D eigenvalue weighted by Gasteiger charge is -2.10. The number of hydrogen-bond acceptors (Lipinski definition) is 3. The van der Waals surface area contributed by atoms with Gasteiger partial charge in [-0.2, -0.15) is 8.78 Å². The predicted molar refractivity (Wildman–Crippen MR) is 52.3 cm³/mol. The molecule has 0 aliphatic heterocycles. The summed E-state index contributed by atoms with van der Waals surface area (Å²) in [5.41, 5.74) is 0. The molecule has 1 rings (SSSR count). The fourth-order valence-electron chi connectivity index (χ4n) is 1.00. The standard InChI is InChI=1S/C9H11F2NO2S/c1-5(2)8-12-4-6(15-8)9(10,11)3-7(13)14/h4-5H,3H2,1-2H3,(H,13,14). The molecule has 1 N–H and O–H groups in total. The van der Waals surface area contributed by atoms with Gasteiger partial charge in [-0.15, -0.1) is 11.3 Å². The fourth-order valence-corrected chi connectivity index (χ4v) is 1.89. The minimum Gasteiger partial charge on any atom is -0.481 e. The Morgan fingerprint density at radius 1 is 1.67 bits per heavy atom. The molecule has 84 valence electrons. The summed E-state index contributed by atoms with van der Waals surface area (Å²) in [6, 6.07) is 0. The van der Waals surface area contributed by atoms with Crippen molar-refractivity contribution >= 4 is 17.3 Å². The van der Waals surface area contributed by atoms with Gasteiger partial charge < -0.3 is 5.11 Å². The van der Waals surface area contributed by atoms with Crippen molar-refractivity contribution in [3.05, 3.63) is 16.1 Å². The highest BCUT2D eigenvalue weighted by Crippen LogP contribution is 2.36. The lowest BCUT2D eigenvalue weighted by Crippen LogP contribution is -2.16. The molecule has 0 unspecified atom stereocenters. The van der Waals surface area contributed by atoms with E-state index in [2.05, 4.69) is 4.98 Å². The molecule has 6 heteroatoms. The quantitative estimate of drug-likeness (QED) is 0.873. The van der Waals surface area contributed by atoms with E-state index in [9.17, 15) is 13.6 Å². The number of aromatic nitrogens is 1. The van der Waals surface area contributed by atoms with Crippen molar-refractivity contribution in [2.75, 3.05) is 0 Å². The Labute approximate surface area is 89.8 Å². The van der Waals surface area contributed by atoms with Gasteiger partial charge >= 0.3 is 5.97 Å². The van der Waals surface area contributed by atoms with Gasteiger partial charge in [0, 0.05) is 12.1 Å². The molecule has 3 nitrogen and oxygen atoms in total. The minimum atomic E-state index is -3.32. The number of thiazole rings is 1. The van der Waals surface area contributed by atoms with Crippen molar-refractivity contribution in [2.45, 2.75) is 32.1 Å². The van der Waals surface area contributed by atoms with Gasteiger partial charge in [-0.25, -0.2) is 4.98 Å². The molecule has 0 saturated carbocycles. The Morgan fingerprint density at radius 2 is 2.27 bits per heavy atom. The molecule has 1 aromatic rings. The third kappa shape index (κ3) is 2.95. The van der Waals surface area contributed by atoms with Crippen LogP contribution in [0.1, 0.15) is 36.1 Å². The zero-order valence-electron chi connectivity index (χ0n) is 8.33. The first-order valence-electron chi connectivity index (χ1n) is 4.38. The van der Waals surface area contributed by atoms with E-state index in [1.54, 1.807) is 0 Å². The Hall–Kier alpha value is -1.04. The zero-order valence-corrected chi connectivity index (χ0v) is 9.15. The highest BCUT2D eigenvalue weighted by Gasteiger charge is 2.36. The van der Waals surface area contributed by atoms with E-state index in [0.29, 0.717) is 5.01 Å². The van der Waals surface area contributed by atoms with Crippen LogP contribution in [-0.2, 0) is 10.7 Å². The Balaban J connectivity index is 2.89. The van der Waals surface area contributed by atoms with Crippen LogP contribution in [0.25, 0.3) is 0 Å². The Kier molecular flexibility index (Phi) is 3.38. The average molecular weight is 235 g/mol. The first-order valence-corrected chi connectivity index (χ1v) is 5.20. The average Bonchev–Trinajstić information content (AvgIpc) is 2.48. The number of alkyl halides is 2. The first-order chi connectivity index (χ1) is 6.83. The van der Waals surface area contributed by atoms with Crippen molar-refractivity contribution in [1.29, 1.82) is 0 Å². The van der Waals surface area contributed by atoms with Gasteiger partial charge in [0.15, 0.2) is 0 Å². The number of nitrogens with zero attached hydrogens (tertiary/aromatic N) is 1. The summed E-state index contributed by atoms with van der Waals surface area (Å²) < 4.78 is 26.5. The molecule has 15 heavy (non-hydrogen) atoms. The van der Waals surface area contributed by atoms with Gasteiger partial charge in [0.25, 0.3) is 5.92 Å². The molecule has 1 heterocycles. The van der Waals surface area contributed by atoms with Crippen LogP contribution >= 0.6 is 11.3 Å². The van der Waals surface area contributed by atoms with Gasteiger partial charge in [-0.3, -0.25) is 4.79 Å². The molecule has 0 bridgehead atoms. The maximum atomic E-state index is 13.3. The number of carboxylic acid groups (broad SMARTS) is 1. The van der Waals surface area contributed by atoms with E-state index in [1.807, 2.05) is 13.8 Å². The molecular weight excluding hydrogens is 224 g/mol. The molecule has 0 amide bonds. The van der Waals surface area contributed by atoms with Crippen LogP contribution < -0.4 is 0 Å². The first kappa shape index (κ1) is 12.0. The van der Waals surface area contributed by atoms with Gasteiger partial charge in [0.05, 0.1) is 9.88 Å². The Morgan fingerprint density at radius 3 is 2.67 bits per heavy atom. The van der Waals surface area contributed by atoms with Crippen LogP contribution in [0.15, 0.2) is 6.20 Å². The van der Waals surface area contributed by atoms with Crippen molar-refractivity contribution in [2.24, 2.45) is 0 Å². The van der Waals surface area contributed by atoms with Crippen molar-refractivity contribution in [3.8, 4) is 0 Å². The normalized spacial score (nSPS) is 12.1. The molecule has 0 saturated heterocycles. The van der Waals surface area contributed by atoms with Gasteiger partial charge in [-0.1, -0.05) is 13.8 Å². The smallest absolute Gasteiger partial charge is 0.309 e. The number of aliphatic carboxylic acids is 1. The number of rotatable bonds is 4. The number of carbonyl (C=O) groups is 1. The van der Waals surface area contributed by atoms with Crippen LogP contribution in [-0.4, -0.2) is 16.1 Å². The van der Waals surface area contributed by atoms with Crippen molar-refractivity contribution in [1.82, 2.24) is 4.98 Å². The molecule has 0 aromatic carbocycles. The maximum Gasteiger partial charge on any atom is 0.309 e. The molecule has 0 aliphatic rings. The molecule has 0 spiro atoms. The van der Waals surface area contributed by atoms with Gasteiger partial charge in [-0.05, 0) is 0 Å².